The highest BCUT2D eigenvalue weighted by molar-refractivity contribution is 6.22. The van der Waals surface area contributed by atoms with E-state index in [4.69, 9.17) is 9.40 Å². The van der Waals surface area contributed by atoms with Crippen molar-refractivity contribution >= 4 is 65.3 Å². The van der Waals surface area contributed by atoms with Gasteiger partial charge in [-0.1, -0.05) is 78.9 Å². The van der Waals surface area contributed by atoms with Gasteiger partial charge in [-0.15, -0.1) is 0 Å². The van der Waals surface area contributed by atoms with Gasteiger partial charge < -0.3 is 8.98 Å². The van der Waals surface area contributed by atoms with Crippen LogP contribution < -0.4 is 0 Å². The van der Waals surface area contributed by atoms with Gasteiger partial charge in [-0.25, -0.2) is 0 Å². The maximum absolute atomic E-state index is 9.91. The molecule has 4 heteroatoms. The molecule has 0 bridgehead atoms. The molecule has 7 aromatic carbocycles. The van der Waals surface area contributed by atoms with Crippen LogP contribution in [0.4, 0.5) is 0 Å². The normalized spacial score (nSPS) is 11.7. The molecule has 0 radical (unpaired) electrons. The lowest BCUT2D eigenvalue weighted by Gasteiger charge is -2.17. The van der Waals surface area contributed by atoms with Crippen LogP contribution >= 0.6 is 0 Å². The maximum atomic E-state index is 9.91. The predicted octanol–water partition coefficient (Wildman–Crippen LogP) is 11.6. The van der Waals surface area contributed by atoms with E-state index in [9.17, 15) is 5.26 Å². The molecule has 10 rings (SSSR count). The Morgan fingerprint density at radius 3 is 1.83 bits per heavy atom. The summed E-state index contributed by atoms with van der Waals surface area (Å²) >= 11 is 0. The molecule has 0 aliphatic carbocycles. The highest BCUT2D eigenvalue weighted by atomic mass is 16.3. The van der Waals surface area contributed by atoms with E-state index in [2.05, 4.69) is 114 Å². The number of furan rings is 1. The van der Waals surface area contributed by atoms with Crippen LogP contribution in [-0.4, -0.2) is 9.55 Å². The zero-order valence-electron chi connectivity index (χ0n) is 25.7. The maximum Gasteiger partial charge on any atom is 0.135 e. The molecule has 0 amide bonds. The molecular weight excluding hydrogens is 587 g/mol. The third-order valence-corrected chi connectivity index (χ3v) is 9.65. The molecule has 0 atom stereocenters. The molecule has 0 N–H and O–H groups in total. The number of hydrogen-bond donors (Lipinski definition) is 0. The summed E-state index contributed by atoms with van der Waals surface area (Å²) in [4.78, 5) is 4.77. The number of nitriles is 1. The molecule has 0 unspecified atom stereocenters. The summed E-state index contributed by atoms with van der Waals surface area (Å²) in [7, 11) is 0. The second-order valence-corrected chi connectivity index (χ2v) is 12.2. The van der Waals surface area contributed by atoms with Gasteiger partial charge in [-0.2, -0.15) is 5.26 Å². The average molecular weight is 612 g/mol. The zero-order valence-corrected chi connectivity index (χ0v) is 25.7. The number of benzene rings is 7. The third-order valence-electron chi connectivity index (χ3n) is 9.65. The van der Waals surface area contributed by atoms with Crippen molar-refractivity contribution in [3.63, 3.8) is 0 Å². The van der Waals surface area contributed by atoms with Gasteiger partial charge in [-0.05, 0) is 99.4 Å². The summed E-state index contributed by atoms with van der Waals surface area (Å²) in [6, 6.07) is 53.0. The molecule has 222 valence electrons. The van der Waals surface area contributed by atoms with Crippen LogP contribution in [0.5, 0.6) is 0 Å². The van der Waals surface area contributed by atoms with Crippen LogP contribution in [0.25, 0.3) is 93.4 Å². The summed E-state index contributed by atoms with van der Waals surface area (Å²) in [5.74, 6) is 0. The quantitative estimate of drug-likeness (QED) is 0.187. The van der Waals surface area contributed by atoms with Gasteiger partial charge in [0.2, 0.25) is 0 Å². The number of fused-ring (bicyclic) bond motifs is 8. The van der Waals surface area contributed by atoms with Gasteiger partial charge in [0.1, 0.15) is 11.2 Å². The van der Waals surface area contributed by atoms with Crippen LogP contribution in [0.2, 0.25) is 0 Å². The van der Waals surface area contributed by atoms with E-state index in [0.29, 0.717) is 5.56 Å². The smallest absolute Gasteiger partial charge is 0.135 e. The Hall–Kier alpha value is -6.70. The molecule has 10 aromatic rings. The van der Waals surface area contributed by atoms with Gasteiger partial charge in [0.05, 0.1) is 28.4 Å². The molecule has 0 aliphatic rings. The fourth-order valence-electron chi connectivity index (χ4n) is 7.61. The Balaban J connectivity index is 1.28. The molecule has 4 nitrogen and oxygen atoms in total. The van der Waals surface area contributed by atoms with Crippen molar-refractivity contribution in [3.8, 4) is 34.1 Å². The second-order valence-electron chi connectivity index (χ2n) is 12.2. The van der Waals surface area contributed by atoms with Crippen LogP contribution in [0.1, 0.15) is 5.56 Å². The van der Waals surface area contributed by atoms with Crippen LogP contribution in [0.15, 0.2) is 156 Å². The monoisotopic (exact) mass is 611 g/mol. The fraction of sp³-hybridized carbons (Fsp3) is 0. The minimum absolute atomic E-state index is 0.638. The molecule has 0 fully saturated rings. The van der Waals surface area contributed by atoms with Gasteiger partial charge in [0, 0.05) is 39.0 Å². The Morgan fingerprint density at radius 2 is 1.12 bits per heavy atom. The SMILES string of the molecule is N#Cc1ccc2c(c1)c1cc(-c3c4ccccc4c(-c4ccccn4)c4ccccc34)ccc1n2-c1ccc2oc3ccccc3c2c1. The van der Waals surface area contributed by atoms with Crippen molar-refractivity contribution < 1.29 is 4.42 Å². The number of pyridine rings is 1. The molecule has 48 heavy (non-hydrogen) atoms. The van der Waals surface area contributed by atoms with E-state index in [1.54, 1.807) is 0 Å². The molecule has 0 spiro atoms. The van der Waals surface area contributed by atoms with E-state index in [0.717, 1.165) is 66.3 Å². The molecule has 3 aromatic heterocycles. The Bertz CT molecular complexity index is 2900. The molecule has 3 heterocycles. The van der Waals surface area contributed by atoms with Gasteiger partial charge in [0.25, 0.3) is 0 Å². The first-order valence-electron chi connectivity index (χ1n) is 16.0. The summed E-state index contributed by atoms with van der Waals surface area (Å²) in [5.41, 5.74) is 9.97. The summed E-state index contributed by atoms with van der Waals surface area (Å²) in [6.07, 6.45) is 1.86. The first-order chi connectivity index (χ1) is 23.8. The van der Waals surface area contributed by atoms with Gasteiger partial charge in [0.15, 0.2) is 0 Å². The Kier molecular flexibility index (Phi) is 5.61. The van der Waals surface area contributed by atoms with E-state index < -0.39 is 0 Å². The zero-order chi connectivity index (χ0) is 31.8. The lowest BCUT2D eigenvalue weighted by molar-refractivity contribution is 0.669. The highest BCUT2D eigenvalue weighted by Crippen LogP contribution is 2.45. The Labute approximate surface area is 275 Å². The van der Waals surface area contributed by atoms with Crippen molar-refractivity contribution in [1.29, 1.82) is 5.26 Å². The standard InChI is InChI=1S/C44H25N3O/c45-26-27-16-19-39-35(23-27)36-24-28(17-20-40(36)47(39)29-18-21-42-37(25-29)30-9-5-6-15-41(30)48-42)43-31-10-1-3-12-33(31)44(38-14-7-8-22-46-38)34-13-4-2-11-32(34)43/h1-25H. The Morgan fingerprint density at radius 1 is 0.500 bits per heavy atom. The molecule has 0 saturated carbocycles. The number of aromatic nitrogens is 2. The molecular formula is C44H25N3O. The minimum Gasteiger partial charge on any atom is -0.456 e. The highest BCUT2D eigenvalue weighted by Gasteiger charge is 2.20. The minimum atomic E-state index is 0.638. The van der Waals surface area contributed by atoms with Crippen molar-refractivity contribution in [2.24, 2.45) is 0 Å². The fourth-order valence-corrected chi connectivity index (χ4v) is 7.61. The van der Waals surface area contributed by atoms with Crippen molar-refractivity contribution in [3.05, 3.63) is 157 Å². The number of para-hydroxylation sites is 1. The van der Waals surface area contributed by atoms with Crippen LogP contribution in [0.3, 0.4) is 0 Å². The summed E-state index contributed by atoms with van der Waals surface area (Å²) in [6.45, 7) is 0. The topological polar surface area (TPSA) is 54.8 Å². The predicted molar refractivity (Wildman–Crippen MR) is 196 cm³/mol. The summed E-state index contributed by atoms with van der Waals surface area (Å²) < 4.78 is 8.46. The van der Waals surface area contributed by atoms with E-state index in [1.165, 1.54) is 27.1 Å². The van der Waals surface area contributed by atoms with Gasteiger partial charge >= 0.3 is 0 Å². The number of nitrogens with zero attached hydrogens (tertiary/aromatic N) is 3. The van der Waals surface area contributed by atoms with Gasteiger partial charge in [-0.3, -0.25) is 4.98 Å². The molecule has 0 aliphatic heterocycles. The number of rotatable bonds is 3. The second kappa shape index (κ2) is 10.2. The first kappa shape index (κ1) is 26.5. The van der Waals surface area contributed by atoms with Crippen molar-refractivity contribution in [2.45, 2.75) is 0 Å². The van der Waals surface area contributed by atoms with Crippen LogP contribution in [-0.2, 0) is 0 Å². The summed E-state index contributed by atoms with van der Waals surface area (Å²) in [5, 5.41) is 18.9. The van der Waals surface area contributed by atoms with Crippen LogP contribution in [0, 0.1) is 11.3 Å². The number of hydrogen-bond acceptors (Lipinski definition) is 3. The molecule has 0 saturated heterocycles. The third kappa shape index (κ3) is 3.79. The van der Waals surface area contributed by atoms with E-state index in [-0.39, 0.29) is 0 Å². The lowest BCUT2D eigenvalue weighted by Crippen LogP contribution is -1.94. The largest absolute Gasteiger partial charge is 0.456 e. The van der Waals surface area contributed by atoms with E-state index >= 15 is 0 Å². The first-order valence-corrected chi connectivity index (χ1v) is 16.0. The van der Waals surface area contributed by atoms with E-state index in [1.807, 2.05) is 48.7 Å². The average Bonchev–Trinajstić information content (AvgIpc) is 3.68. The lowest BCUT2D eigenvalue weighted by atomic mass is 9.87. The van der Waals surface area contributed by atoms with Crippen molar-refractivity contribution in [1.82, 2.24) is 9.55 Å². The van der Waals surface area contributed by atoms with Crippen molar-refractivity contribution in [2.75, 3.05) is 0 Å².